The quantitative estimate of drug-likeness (QED) is 0.530. The SMILES string of the molecule is CC(C)(C)[N+]1(C)CC2CNCC2N1. The fraction of sp³-hybridized carbons (Fsp3) is 1.00. The maximum absolute atomic E-state index is 3.74. The van der Waals surface area contributed by atoms with Crippen molar-refractivity contribution >= 4 is 0 Å². The topological polar surface area (TPSA) is 24.1 Å². The van der Waals surface area contributed by atoms with Gasteiger partial charge in [-0.2, -0.15) is 5.43 Å². The average Bonchev–Trinajstić information content (AvgIpc) is 2.42. The van der Waals surface area contributed by atoms with Crippen LogP contribution >= 0.6 is 0 Å². The summed E-state index contributed by atoms with van der Waals surface area (Å²) in [7, 11) is 2.32. The van der Waals surface area contributed by atoms with Crippen LogP contribution in [0, 0.1) is 5.92 Å². The first-order valence-electron chi connectivity index (χ1n) is 5.26. The molecule has 3 nitrogen and oxygen atoms in total. The lowest BCUT2D eigenvalue weighted by molar-refractivity contribution is -0.984. The van der Waals surface area contributed by atoms with Gasteiger partial charge >= 0.3 is 0 Å². The van der Waals surface area contributed by atoms with Crippen molar-refractivity contribution in [2.24, 2.45) is 5.92 Å². The maximum Gasteiger partial charge on any atom is 0.108 e. The molecule has 3 atom stereocenters. The van der Waals surface area contributed by atoms with E-state index in [1.807, 2.05) is 0 Å². The fourth-order valence-electron chi connectivity index (χ4n) is 2.43. The van der Waals surface area contributed by atoms with E-state index in [-0.39, 0.29) is 0 Å². The van der Waals surface area contributed by atoms with Gasteiger partial charge in [-0.1, -0.05) is 0 Å². The van der Waals surface area contributed by atoms with Gasteiger partial charge in [-0.15, -0.1) is 0 Å². The smallest absolute Gasteiger partial charge is 0.108 e. The van der Waals surface area contributed by atoms with E-state index in [9.17, 15) is 0 Å². The molecule has 2 heterocycles. The van der Waals surface area contributed by atoms with E-state index in [0.717, 1.165) is 17.1 Å². The van der Waals surface area contributed by atoms with E-state index < -0.39 is 0 Å². The molecule has 0 aliphatic carbocycles. The van der Waals surface area contributed by atoms with Crippen molar-refractivity contribution in [2.75, 3.05) is 26.7 Å². The molecule has 2 aliphatic heterocycles. The van der Waals surface area contributed by atoms with Gasteiger partial charge < -0.3 is 5.32 Å². The third kappa shape index (κ3) is 1.39. The molecule has 0 spiro atoms. The van der Waals surface area contributed by atoms with Crippen molar-refractivity contribution in [1.29, 1.82) is 0 Å². The molecule has 13 heavy (non-hydrogen) atoms. The summed E-state index contributed by atoms with van der Waals surface area (Å²) >= 11 is 0. The second kappa shape index (κ2) is 2.69. The van der Waals surface area contributed by atoms with E-state index in [0.29, 0.717) is 11.6 Å². The molecule has 76 valence electrons. The molecule has 0 bridgehead atoms. The molecule has 2 saturated heterocycles. The number of fused-ring (bicyclic) bond motifs is 1. The van der Waals surface area contributed by atoms with Gasteiger partial charge in [-0.3, -0.25) is 0 Å². The third-order valence-corrected chi connectivity index (χ3v) is 3.87. The van der Waals surface area contributed by atoms with Crippen LogP contribution in [0.4, 0.5) is 0 Å². The Morgan fingerprint density at radius 2 is 1.92 bits per heavy atom. The normalized spacial score (nSPS) is 45.2. The minimum Gasteiger partial charge on any atom is -0.314 e. The molecule has 0 radical (unpaired) electrons. The van der Waals surface area contributed by atoms with Gasteiger partial charge in [0.15, 0.2) is 0 Å². The number of quaternary nitrogens is 1. The number of nitrogens with zero attached hydrogens (tertiary/aromatic N) is 1. The molecule has 2 aliphatic rings. The molecule has 2 N–H and O–H groups in total. The van der Waals surface area contributed by atoms with Gasteiger partial charge in [-0.05, 0) is 20.8 Å². The van der Waals surface area contributed by atoms with Crippen LogP contribution in [0.5, 0.6) is 0 Å². The highest BCUT2D eigenvalue weighted by Gasteiger charge is 2.50. The summed E-state index contributed by atoms with van der Waals surface area (Å²) < 4.78 is 1.02. The average molecular weight is 184 g/mol. The van der Waals surface area contributed by atoms with E-state index in [2.05, 4.69) is 38.6 Å². The van der Waals surface area contributed by atoms with Gasteiger partial charge in [0, 0.05) is 19.0 Å². The second-order valence-corrected chi connectivity index (χ2v) is 5.70. The zero-order valence-electron chi connectivity index (χ0n) is 9.22. The lowest BCUT2D eigenvalue weighted by atomic mass is 10.0. The highest BCUT2D eigenvalue weighted by atomic mass is 15.7. The van der Waals surface area contributed by atoms with Crippen molar-refractivity contribution in [3.63, 3.8) is 0 Å². The van der Waals surface area contributed by atoms with Crippen molar-refractivity contribution in [2.45, 2.75) is 32.4 Å². The maximum atomic E-state index is 3.74. The Labute approximate surface area is 81.1 Å². The predicted octanol–water partition coefficient (Wildman–Crippen LogP) is 0.338. The highest BCUT2D eigenvalue weighted by molar-refractivity contribution is 4.89. The Hall–Kier alpha value is -0.120. The first-order chi connectivity index (χ1) is 5.92. The Morgan fingerprint density at radius 3 is 2.46 bits per heavy atom. The third-order valence-electron chi connectivity index (χ3n) is 3.87. The van der Waals surface area contributed by atoms with Gasteiger partial charge in [0.2, 0.25) is 0 Å². The summed E-state index contributed by atoms with van der Waals surface area (Å²) in [5.41, 5.74) is 4.05. The molecule has 2 rings (SSSR count). The lowest BCUT2D eigenvalue weighted by Gasteiger charge is -2.41. The summed E-state index contributed by atoms with van der Waals surface area (Å²) in [6.07, 6.45) is 0. The van der Waals surface area contributed by atoms with Crippen LogP contribution in [0.3, 0.4) is 0 Å². The molecule has 2 fully saturated rings. The molecule has 0 saturated carbocycles. The monoisotopic (exact) mass is 184 g/mol. The second-order valence-electron chi connectivity index (χ2n) is 5.70. The molecule has 0 aromatic carbocycles. The Kier molecular flexibility index (Phi) is 1.95. The van der Waals surface area contributed by atoms with Crippen LogP contribution in [-0.4, -0.2) is 42.9 Å². The molecule has 3 heteroatoms. The van der Waals surface area contributed by atoms with Crippen molar-refractivity contribution in [3.05, 3.63) is 0 Å². The lowest BCUT2D eigenvalue weighted by Crippen LogP contribution is -2.63. The highest BCUT2D eigenvalue weighted by Crippen LogP contribution is 2.30. The first-order valence-corrected chi connectivity index (χ1v) is 5.26. The summed E-state index contributed by atoms with van der Waals surface area (Å²) in [6.45, 7) is 10.6. The Balaban J connectivity index is 2.13. The summed E-state index contributed by atoms with van der Waals surface area (Å²) in [6, 6.07) is 0.698. The molecule has 0 aromatic heterocycles. The zero-order valence-corrected chi connectivity index (χ0v) is 9.22. The van der Waals surface area contributed by atoms with Crippen LogP contribution in [0.15, 0.2) is 0 Å². The molecule has 0 aromatic rings. The van der Waals surface area contributed by atoms with Crippen LogP contribution < -0.4 is 10.7 Å². The Morgan fingerprint density at radius 1 is 1.23 bits per heavy atom. The minimum absolute atomic E-state index is 0.310. The fourth-order valence-corrected chi connectivity index (χ4v) is 2.43. The zero-order chi connectivity index (χ0) is 9.69. The van der Waals surface area contributed by atoms with Crippen molar-refractivity contribution < 1.29 is 4.59 Å². The molecule has 3 unspecified atom stereocenters. The van der Waals surface area contributed by atoms with Crippen molar-refractivity contribution in [3.8, 4) is 0 Å². The van der Waals surface area contributed by atoms with E-state index >= 15 is 0 Å². The molecular formula is C10H22N3+. The number of hydrogen-bond acceptors (Lipinski definition) is 2. The first kappa shape index (κ1) is 9.44. The van der Waals surface area contributed by atoms with Gasteiger partial charge in [-0.25, -0.2) is 4.59 Å². The van der Waals surface area contributed by atoms with Crippen LogP contribution in [0.1, 0.15) is 20.8 Å². The van der Waals surface area contributed by atoms with Gasteiger partial charge in [0.1, 0.15) is 12.1 Å². The van der Waals surface area contributed by atoms with Gasteiger partial charge in [0.05, 0.1) is 13.1 Å². The van der Waals surface area contributed by atoms with E-state index in [1.54, 1.807) is 0 Å². The molecule has 0 amide bonds. The van der Waals surface area contributed by atoms with Crippen LogP contribution in [0.25, 0.3) is 0 Å². The summed E-state index contributed by atoms with van der Waals surface area (Å²) in [5.74, 6) is 0.837. The number of nitrogens with one attached hydrogen (secondary N) is 2. The van der Waals surface area contributed by atoms with Crippen LogP contribution in [-0.2, 0) is 0 Å². The van der Waals surface area contributed by atoms with E-state index in [4.69, 9.17) is 0 Å². The van der Waals surface area contributed by atoms with Gasteiger partial charge in [0.25, 0.3) is 0 Å². The molecular weight excluding hydrogens is 162 g/mol. The number of hydrogen-bond donors (Lipinski definition) is 2. The largest absolute Gasteiger partial charge is 0.314 e. The number of rotatable bonds is 0. The Bertz CT molecular complexity index is 195. The minimum atomic E-state index is 0.310. The predicted molar refractivity (Wildman–Crippen MR) is 54.1 cm³/mol. The van der Waals surface area contributed by atoms with Crippen LogP contribution in [0.2, 0.25) is 0 Å². The standard InChI is InChI=1S/C10H22N3/c1-10(2,3)13(4)7-8-5-11-6-9(8)12-13/h8-9,11-12H,5-7H2,1-4H3/q+1. The van der Waals surface area contributed by atoms with Crippen molar-refractivity contribution in [1.82, 2.24) is 10.7 Å². The summed E-state index contributed by atoms with van der Waals surface area (Å²) in [5, 5.41) is 3.44. The summed E-state index contributed by atoms with van der Waals surface area (Å²) in [4.78, 5) is 0. The van der Waals surface area contributed by atoms with E-state index in [1.165, 1.54) is 13.1 Å².